The predicted molar refractivity (Wildman–Crippen MR) is 58.9 cm³/mol. The Morgan fingerprint density at radius 2 is 1.24 bits per heavy atom. The van der Waals surface area contributed by atoms with E-state index in [9.17, 15) is 19.2 Å². The fourth-order valence-corrected chi connectivity index (χ4v) is 2.78. The summed E-state index contributed by atoms with van der Waals surface area (Å²) in [6, 6.07) is 0. The fraction of sp³-hybridized carbons (Fsp3) is 0.600. The molecule has 7 heteroatoms. The van der Waals surface area contributed by atoms with Gasteiger partial charge in [-0.15, -0.1) is 0 Å². The second-order valence-corrected chi connectivity index (χ2v) is 5.24. The molecule has 0 N–H and O–H groups in total. The fourth-order valence-electron chi connectivity index (χ4n) is 1.76. The van der Waals surface area contributed by atoms with Crippen LogP contribution in [-0.2, 0) is 19.2 Å². The highest BCUT2D eigenvalue weighted by Crippen LogP contribution is 2.33. The average molecular weight is 256 g/mol. The minimum atomic E-state index is -0.375. The molecule has 0 aliphatic carbocycles. The summed E-state index contributed by atoms with van der Waals surface area (Å²) >= 11 is 0.623. The molecule has 2 atom stereocenters. The Balaban J connectivity index is 2.12. The van der Waals surface area contributed by atoms with Crippen LogP contribution in [0.25, 0.3) is 0 Å². The van der Waals surface area contributed by atoms with E-state index in [1.165, 1.54) is 0 Å². The average Bonchev–Trinajstić information content (AvgIpc) is 2.62. The molecule has 0 radical (unpaired) electrons. The van der Waals surface area contributed by atoms with Crippen molar-refractivity contribution in [3.63, 3.8) is 0 Å². The van der Waals surface area contributed by atoms with Crippen LogP contribution in [0.5, 0.6) is 0 Å². The van der Waals surface area contributed by atoms with Crippen LogP contribution < -0.4 is 0 Å². The van der Waals surface area contributed by atoms with Crippen molar-refractivity contribution in [2.45, 2.75) is 26.7 Å². The summed E-state index contributed by atoms with van der Waals surface area (Å²) in [7, 11) is 0. The Hall–Kier alpha value is -1.37. The molecule has 0 bridgehead atoms. The van der Waals surface area contributed by atoms with E-state index in [1.807, 2.05) is 0 Å². The smallest absolute Gasteiger partial charge is 0.244 e. The van der Waals surface area contributed by atoms with Crippen molar-refractivity contribution in [1.82, 2.24) is 8.61 Å². The number of carbonyl (C=O) groups excluding carboxylic acids is 4. The molecule has 0 aromatic carbocycles. The van der Waals surface area contributed by atoms with E-state index in [-0.39, 0.29) is 48.3 Å². The number of amides is 4. The lowest BCUT2D eigenvalue weighted by Gasteiger charge is -2.18. The van der Waals surface area contributed by atoms with Crippen molar-refractivity contribution < 1.29 is 19.2 Å². The van der Waals surface area contributed by atoms with Gasteiger partial charge in [0.15, 0.2) is 0 Å². The van der Waals surface area contributed by atoms with Gasteiger partial charge in [-0.25, -0.2) is 8.61 Å². The molecular weight excluding hydrogens is 244 g/mol. The summed E-state index contributed by atoms with van der Waals surface area (Å²) in [5.74, 6) is -2.15. The van der Waals surface area contributed by atoms with Crippen molar-refractivity contribution in [1.29, 1.82) is 0 Å². The molecule has 6 nitrogen and oxygen atoms in total. The van der Waals surface area contributed by atoms with Crippen molar-refractivity contribution in [3.05, 3.63) is 0 Å². The lowest BCUT2D eigenvalue weighted by molar-refractivity contribution is -0.133. The lowest BCUT2D eigenvalue weighted by Crippen LogP contribution is -2.33. The minimum absolute atomic E-state index is 0.137. The highest BCUT2D eigenvalue weighted by atomic mass is 32.2. The zero-order valence-corrected chi connectivity index (χ0v) is 10.3. The lowest BCUT2D eigenvalue weighted by atomic mass is 10.1. The topological polar surface area (TPSA) is 74.8 Å². The summed E-state index contributed by atoms with van der Waals surface area (Å²) in [6.07, 6.45) is 0.273. The van der Waals surface area contributed by atoms with Gasteiger partial charge < -0.3 is 0 Å². The molecular formula is C10H12N2O4S. The maximum Gasteiger partial charge on any atom is 0.244 e. The standard InChI is InChI=1S/C10H12N2O4S/c1-5-3-7(13)11(9(5)15)17-12-8(14)4-6(2)10(12)16/h5-6H,3-4H2,1-2H3. The maximum absolute atomic E-state index is 11.6. The van der Waals surface area contributed by atoms with Crippen molar-refractivity contribution in [3.8, 4) is 0 Å². The van der Waals surface area contributed by atoms with Gasteiger partial charge in [0, 0.05) is 24.7 Å². The highest BCUT2D eigenvalue weighted by molar-refractivity contribution is 7.96. The summed E-state index contributed by atoms with van der Waals surface area (Å²) in [6.45, 7) is 3.30. The van der Waals surface area contributed by atoms with Crippen LogP contribution in [0.2, 0.25) is 0 Å². The molecule has 2 aliphatic rings. The zero-order valence-electron chi connectivity index (χ0n) is 9.50. The Bertz CT molecular complexity index is 385. The van der Waals surface area contributed by atoms with Crippen LogP contribution >= 0.6 is 12.1 Å². The second kappa shape index (κ2) is 4.14. The zero-order chi connectivity index (χ0) is 12.7. The first-order valence-electron chi connectivity index (χ1n) is 5.33. The van der Waals surface area contributed by atoms with E-state index >= 15 is 0 Å². The van der Waals surface area contributed by atoms with Gasteiger partial charge >= 0.3 is 0 Å². The first kappa shape index (κ1) is 12.1. The third-order valence-electron chi connectivity index (χ3n) is 2.82. The summed E-state index contributed by atoms with van der Waals surface area (Å²) in [5.41, 5.74) is 0. The van der Waals surface area contributed by atoms with Gasteiger partial charge in [0.2, 0.25) is 23.6 Å². The molecule has 2 aliphatic heterocycles. The van der Waals surface area contributed by atoms with Crippen LogP contribution in [0.3, 0.4) is 0 Å². The van der Waals surface area contributed by atoms with Crippen LogP contribution in [0.1, 0.15) is 26.7 Å². The number of carbonyl (C=O) groups is 4. The Morgan fingerprint density at radius 1 is 0.882 bits per heavy atom. The maximum atomic E-state index is 11.6. The molecule has 17 heavy (non-hydrogen) atoms. The van der Waals surface area contributed by atoms with E-state index in [0.29, 0.717) is 12.1 Å². The summed E-state index contributed by atoms with van der Waals surface area (Å²) in [5, 5.41) is 0. The van der Waals surface area contributed by atoms with Crippen molar-refractivity contribution in [2.75, 3.05) is 0 Å². The molecule has 92 valence electrons. The number of hydrogen-bond donors (Lipinski definition) is 0. The van der Waals surface area contributed by atoms with Gasteiger partial charge in [0.25, 0.3) is 0 Å². The number of rotatable bonds is 2. The highest BCUT2D eigenvalue weighted by Gasteiger charge is 2.43. The molecule has 2 heterocycles. The van der Waals surface area contributed by atoms with Crippen molar-refractivity contribution >= 4 is 35.8 Å². The third kappa shape index (κ3) is 1.95. The molecule has 4 amide bonds. The van der Waals surface area contributed by atoms with Gasteiger partial charge in [-0.05, 0) is 0 Å². The van der Waals surface area contributed by atoms with E-state index in [0.717, 1.165) is 8.61 Å². The predicted octanol–water partition coefficient (Wildman–Crippen LogP) is 0.340. The first-order chi connectivity index (χ1) is 7.91. The minimum Gasteiger partial charge on any atom is -0.273 e. The van der Waals surface area contributed by atoms with Crippen LogP contribution in [0.4, 0.5) is 0 Å². The Labute approximate surface area is 103 Å². The summed E-state index contributed by atoms with van der Waals surface area (Å²) < 4.78 is 1.83. The number of imide groups is 2. The SMILES string of the molecule is CC1CC(=O)N(SN2C(=O)CC(C)C2=O)C1=O. The molecule has 2 saturated heterocycles. The molecule has 0 spiro atoms. The number of nitrogens with zero attached hydrogens (tertiary/aromatic N) is 2. The normalized spacial score (nSPS) is 29.8. The van der Waals surface area contributed by atoms with Crippen LogP contribution in [-0.4, -0.2) is 32.2 Å². The van der Waals surface area contributed by atoms with E-state index in [2.05, 4.69) is 0 Å². The van der Waals surface area contributed by atoms with Gasteiger partial charge in [-0.1, -0.05) is 13.8 Å². The molecule has 0 aromatic rings. The van der Waals surface area contributed by atoms with E-state index in [1.54, 1.807) is 13.8 Å². The first-order valence-corrected chi connectivity index (χ1v) is 6.06. The van der Waals surface area contributed by atoms with Crippen LogP contribution in [0, 0.1) is 11.8 Å². The van der Waals surface area contributed by atoms with Crippen LogP contribution in [0.15, 0.2) is 0 Å². The quantitative estimate of drug-likeness (QED) is 0.526. The summed E-state index contributed by atoms with van der Waals surface area (Å²) in [4.78, 5) is 46.3. The van der Waals surface area contributed by atoms with Gasteiger partial charge in [0.1, 0.15) is 0 Å². The molecule has 0 saturated carbocycles. The number of hydrogen-bond acceptors (Lipinski definition) is 5. The Kier molecular flexibility index (Phi) is 2.94. The van der Waals surface area contributed by atoms with Gasteiger partial charge in [-0.2, -0.15) is 0 Å². The second-order valence-electron chi connectivity index (χ2n) is 4.34. The molecule has 2 fully saturated rings. The largest absolute Gasteiger partial charge is 0.273 e. The van der Waals surface area contributed by atoms with E-state index in [4.69, 9.17) is 0 Å². The molecule has 2 rings (SSSR count). The third-order valence-corrected chi connectivity index (χ3v) is 3.92. The van der Waals surface area contributed by atoms with Crippen molar-refractivity contribution in [2.24, 2.45) is 11.8 Å². The van der Waals surface area contributed by atoms with Gasteiger partial charge in [-0.3, -0.25) is 19.2 Å². The molecule has 2 unspecified atom stereocenters. The van der Waals surface area contributed by atoms with E-state index < -0.39 is 0 Å². The van der Waals surface area contributed by atoms with Gasteiger partial charge in [0.05, 0.1) is 12.1 Å². The molecule has 0 aromatic heterocycles. The Morgan fingerprint density at radius 3 is 1.47 bits per heavy atom. The monoisotopic (exact) mass is 256 g/mol.